The van der Waals surface area contributed by atoms with Crippen LogP contribution in [0.25, 0.3) is 0 Å². The van der Waals surface area contributed by atoms with E-state index in [1.807, 2.05) is 0 Å². The van der Waals surface area contributed by atoms with E-state index in [0.717, 1.165) is 0 Å². The maximum atomic E-state index is 13.5. The Morgan fingerprint density at radius 2 is 2.32 bits per heavy atom. The zero-order valence-corrected chi connectivity index (χ0v) is 11.4. The van der Waals surface area contributed by atoms with Crippen LogP contribution in [-0.4, -0.2) is 27.4 Å². The van der Waals surface area contributed by atoms with E-state index in [0.29, 0.717) is 17.6 Å². The molecule has 0 aliphatic rings. The summed E-state index contributed by atoms with van der Waals surface area (Å²) in [4.78, 5) is 11.9. The molecular weight excluding hydrogens is 317 g/mol. The van der Waals surface area contributed by atoms with Crippen LogP contribution < -0.4 is 11.1 Å². The average Bonchev–Trinajstić information content (AvgIpc) is 2.83. The molecule has 100 valence electrons. The lowest BCUT2D eigenvalue weighted by molar-refractivity contribution is 0.102. The topological polar surface area (TPSA) is 85.8 Å². The molecule has 0 saturated carbocycles. The van der Waals surface area contributed by atoms with Crippen molar-refractivity contribution in [2.45, 2.75) is 6.54 Å². The third-order valence-corrected chi connectivity index (χ3v) is 2.99. The van der Waals surface area contributed by atoms with Gasteiger partial charge in [-0.25, -0.2) is 4.39 Å². The van der Waals surface area contributed by atoms with Gasteiger partial charge in [-0.15, -0.1) is 5.10 Å². The third kappa shape index (κ3) is 3.15. The van der Waals surface area contributed by atoms with Crippen molar-refractivity contribution in [1.82, 2.24) is 15.0 Å². The molecule has 0 aliphatic heterocycles. The molecule has 8 heteroatoms. The van der Waals surface area contributed by atoms with Crippen LogP contribution in [0.5, 0.6) is 0 Å². The fourth-order valence-corrected chi connectivity index (χ4v) is 1.88. The molecule has 2 rings (SSSR count). The number of halogens is 2. The molecular formula is C11H11BrFN5O. The van der Waals surface area contributed by atoms with Gasteiger partial charge in [-0.1, -0.05) is 11.3 Å². The van der Waals surface area contributed by atoms with E-state index < -0.39 is 11.7 Å². The summed E-state index contributed by atoms with van der Waals surface area (Å²) in [6, 6.07) is 4.42. The van der Waals surface area contributed by atoms with Gasteiger partial charge in [0.25, 0.3) is 5.91 Å². The first kappa shape index (κ1) is 13.6. The zero-order valence-electron chi connectivity index (χ0n) is 9.81. The molecule has 3 N–H and O–H groups in total. The Labute approximate surface area is 116 Å². The van der Waals surface area contributed by atoms with E-state index in [2.05, 4.69) is 31.6 Å². The minimum atomic E-state index is -0.533. The standard InChI is InChI=1S/C11H11BrFN5O/c12-7-2-1-3-8(13)10(7)15-11(19)9-6-18(5-4-14)17-16-9/h1-3,6H,4-5,14H2,(H,15,19). The van der Waals surface area contributed by atoms with Crippen LogP contribution in [0.3, 0.4) is 0 Å². The monoisotopic (exact) mass is 327 g/mol. The number of nitrogens with two attached hydrogens (primary N) is 1. The Morgan fingerprint density at radius 1 is 1.53 bits per heavy atom. The summed E-state index contributed by atoms with van der Waals surface area (Å²) in [5.41, 5.74) is 5.54. The first-order chi connectivity index (χ1) is 9.11. The van der Waals surface area contributed by atoms with Gasteiger partial charge in [0.15, 0.2) is 5.69 Å². The summed E-state index contributed by atoms with van der Waals surface area (Å²) in [7, 11) is 0. The van der Waals surface area contributed by atoms with Crippen molar-refractivity contribution in [3.05, 3.63) is 40.4 Å². The Hall–Kier alpha value is -1.80. The predicted octanol–water partition coefficient (Wildman–Crippen LogP) is 1.39. The lowest BCUT2D eigenvalue weighted by atomic mass is 10.3. The predicted molar refractivity (Wildman–Crippen MR) is 71.1 cm³/mol. The molecule has 2 aromatic rings. The van der Waals surface area contributed by atoms with Crippen molar-refractivity contribution in [2.24, 2.45) is 5.73 Å². The van der Waals surface area contributed by atoms with Crippen LogP contribution in [0.15, 0.2) is 28.9 Å². The van der Waals surface area contributed by atoms with Crippen LogP contribution in [0.1, 0.15) is 10.5 Å². The second-order valence-electron chi connectivity index (χ2n) is 3.71. The average molecular weight is 328 g/mol. The summed E-state index contributed by atoms with van der Waals surface area (Å²) in [6.07, 6.45) is 1.46. The molecule has 0 unspecified atom stereocenters. The van der Waals surface area contributed by atoms with E-state index in [1.165, 1.54) is 23.0 Å². The Bertz CT molecular complexity index is 580. The highest BCUT2D eigenvalue weighted by Crippen LogP contribution is 2.25. The summed E-state index contributed by atoms with van der Waals surface area (Å²) < 4.78 is 15.5. The van der Waals surface area contributed by atoms with E-state index in [-0.39, 0.29) is 11.4 Å². The summed E-state index contributed by atoms with van der Waals surface area (Å²) in [5.74, 6) is -1.06. The molecule has 0 aliphatic carbocycles. The lowest BCUT2D eigenvalue weighted by Crippen LogP contribution is -2.14. The van der Waals surface area contributed by atoms with Crippen LogP contribution in [-0.2, 0) is 6.54 Å². The number of nitrogens with zero attached hydrogens (tertiary/aromatic N) is 3. The van der Waals surface area contributed by atoms with Crippen molar-refractivity contribution in [3.8, 4) is 0 Å². The largest absolute Gasteiger partial charge is 0.329 e. The number of amides is 1. The molecule has 1 heterocycles. The Balaban J connectivity index is 2.16. The van der Waals surface area contributed by atoms with Crippen LogP contribution >= 0.6 is 15.9 Å². The van der Waals surface area contributed by atoms with Gasteiger partial charge in [-0.2, -0.15) is 0 Å². The number of anilines is 1. The number of hydrogen-bond acceptors (Lipinski definition) is 4. The molecule has 0 saturated heterocycles. The second-order valence-corrected chi connectivity index (χ2v) is 4.56. The molecule has 1 aromatic heterocycles. The van der Waals surface area contributed by atoms with E-state index in [1.54, 1.807) is 6.07 Å². The summed E-state index contributed by atoms with van der Waals surface area (Å²) in [6.45, 7) is 0.854. The molecule has 0 fully saturated rings. The van der Waals surface area contributed by atoms with Crippen LogP contribution in [0.4, 0.5) is 10.1 Å². The number of carbonyl (C=O) groups excluding carboxylic acids is 1. The third-order valence-electron chi connectivity index (χ3n) is 2.33. The molecule has 1 aromatic carbocycles. The van der Waals surface area contributed by atoms with Crippen molar-refractivity contribution in [2.75, 3.05) is 11.9 Å². The zero-order chi connectivity index (χ0) is 13.8. The van der Waals surface area contributed by atoms with Gasteiger partial charge in [-0.3, -0.25) is 9.48 Å². The minimum Gasteiger partial charge on any atom is -0.329 e. The first-order valence-corrected chi connectivity index (χ1v) is 6.26. The van der Waals surface area contributed by atoms with E-state index in [4.69, 9.17) is 5.73 Å². The highest BCUT2D eigenvalue weighted by atomic mass is 79.9. The summed E-state index contributed by atoms with van der Waals surface area (Å²) >= 11 is 3.17. The number of aromatic nitrogens is 3. The van der Waals surface area contributed by atoms with E-state index in [9.17, 15) is 9.18 Å². The van der Waals surface area contributed by atoms with Gasteiger partial charge in [0, 0.05) is 11.0 Å². The highest BCUT2D eigenvalue weighted by molar-refractivity contribution is 9.10. The van der Waals surface area contributed by atoms with Gasteiger partial charge in [0.05, 0.1) is 18.4 Å². The van der Waals surface area contributed by atoms with E-state index >= 15 is 0 Å². The normalized spacial score (nSPS) is 10.5. The van der Waals surface area contributed by atoms with Crippen LogP contribution in [0, 0.1) is 5.82 Å². The molecule has 0 spiro atoms. The van der Waals surface area contributed by atoms with Gasteiger partial charge >= 0.3 is 0 Å². The fraction of sp³-hybridized carbons (Fsp3) is 0.182. The number of rotatable bonds is 4. The number of nitrogens with one attached hydrogen (secondary N) is 1. The number of para-hydroxylation sites is 1. The Kier molecular flexibility index (Phi) is 4.23. The molecule has 0 atom stereocenters. The molecule has 6 nitrogen and oxygen atoms in total. The molecule has 0 bridgehead atoms. The molecule has 0 radical (unpaired) electrons. The summed E-state index contributed by atoms with van der Waals surface area (Å²) in [5, 5.41) is 9.87. The molecule has 1 amide bonds. The van der Waals surface area contributed by atoms with Gasteiger partial charge in [0.1, 0.15) is 5.82 Å². The number of hydrogen-bond donors (Lipinski definition) is 2. The van der Waals surface area contributed by atoms with Gasteiger partial charge in [-0.05, 0) is 28.1 Å². The van der Waals surface area contributed by atoms with Crippen molar-refractivity contribution < 1.29 is 9.18 Å². The highest BCUT2D eigenvalue weighted by Gasteiger charge is 2.14. The number of benzene rings is 1. The first-order valence-electron chi connectivity index (χ1n) is 5.47. The van der Waals surface area contributed by atoms with Gasteiger partial charge in [0.2, 0.25) is 0 Å². The minimum absolute atomic E-state index is 0.0703. The lowest BCUT2D eigenvalue weighted by Gasteiger charge is -2.06. The molecule has 19 heavy (non-hydrogen) atoms. The Morgan fingerprint density at radius 3 is 3.00 bits per heavy atom. The quantitative estimate of drug-likeness (QED) is 0.888. The number of carbonyl (C=O) groups is 1. The van der Waals surface area contributed by atoms with Crippen molar-refractivity contribution in [3.63, 3.8) is 0 Å². The van der Waals surface area contributed by atoms with Crippen LogP contribution in [0.2, 0.25) is 0 Å². The SMILES string of the molecule is NCCn1cc(C(=O)Nc2c(F)cccc2Br)nn1. The van der Waals surface area contributed by atoms with Crippen molar-refractivity contribution in [1.29, 1.82) is 0 Å². The maximum absolute atomic E-state index is 13.5. The maximum Gasteiger partial charge on any atom is 0.277 e. The second kappa shape index (κ2) is 5.89. The fourth-order valence-electron chi connectivity index (χ4n) is 1.44. The van der Waals surface area contributed by atoms with Gasteiger partial charge < -0.3 is 11.1 Å². The smallest absolute Gasteiger partial charge is 0.277 e. The van der Waals surface area contributed by atoms with Crippen molar-refractivity contribution >= 4 is 27.5 Å².